The number of carbonyl (C=O) groups is 1. The smallest absolute Gasteiger partial charge is 0.220 e. The Bertz CT molecular complexity index is 154. The quantitative estimate of drug-likeness (QED) is 0.569. The van der Waals surface area contributed by atoms with E-state index in [1.165, 1.54) is 51.9 Å². The number of carbonyl (C=O) groups excluding carboxylic acids is 1. The van der Waals surface area contributed by atoms with E-state index in [2.05, 4.69) is 16.0 Å². The lowest BCUT2D eigenvalue weighted by atomic mass is 10.2. The first-order valence-electron chi connectivity index (χ1n) is 6.58. The average molecular weight is 227 g/mol. The van der Waals surface area contributed by atoms with E-state index in [1.807, 2.05) is 0 Å². The van der Waals surface area contributed by atoms with Crippen LogP contribution in [0.15, 0.2) is 0 Å². The lowest BCUT2D eigenvalue weighted by Crippen LogP contribution is -2.29. The van der Waals surface area contributed by atoms with Crippen molar-refractivity contribution in [3.63, 3.8) is 0 Å². The standard InChI is InChI=1S/C5H11N.C4H7NO.C3H7N/c1-2-4-6-5-3-1;6-4-2-1-3-5-4;1-2-4-3-1/h6H,1-5H2;1-3H2,(H,5,6);4H,1-3H2. The normalized spacial score (nSPS) is 22.9. The molecular formula is C12H25N3O. The highest BCUT2D eigenvalue weighted by Gasteiger charge is 2.05. The predicted octanol–water partition coefficient (Wildman–Crippen LogP) is 0.636. The molecule has 0 aromatic heterocycles. The van der Waals surface area contributed by atoms with Gasteiger partial charge in [0.15, 0.2) is 0 Å². The fourth-order valence-electron chi connectivity index (χ4n) is 1.54. The van der Waals surface area contributed by atoms with Crippen LogP contribution in [0, 0.1) is 0 Å². The van der Waals surface area contributed by atoms with Crippen molar-refractivity contribution in [2.45, 2.75) is 38.5 Å². The molecule has 3 rings (SSSR count). The summed E-state index contributed by atoms with van der Waals surface area (Å²) in [7, 11) is 0. The van der Waals surface area contributed by atoms with Crippen molar-refractivity contribution in [2.24, 2.45) is 0 Å². The molecule has 3 heterocycles. The molecule has 0 aliphatic carbocycles. The first kappa shape index (κ1) is 13.5. The predicted molar refractivity (Wildman–Crippen MR) is 66.5 cm³/mol. The van der Waals surface area contributed by atoms with Gasteiger partial charge < -0.3 is 16.0 Å². The average Bonchev–Trinajstić information content (AvgIpc) is 2.70. The van der Waals surface area contributed by atoms with Gasteiger partial charge in [-0.05, 0) is 51.9 Å². The molecule has 0 aromatic carbocycles. The van der Waals surface area contributed by atoms with Gasteiger partial charge in [0, 0.05) is 13.0 Å². The van der Waals surface area contributed by atoms with E-state index in [4.69, 9.17) is 0 Å². The van der Waals surface area contributed by atoms with Gasteiger partial charge in [-0.15, -0.1) is 0 Å². The van der Waals surface area contributed by atoms with Crippen LogP contribution in [0.3, 0.4) is 0 Å². The van der Waals surface area contributed by atoms with Crippen LogP contribution in [0.1, 0.15) is 38.5 Å². The van der Waals surface area contributed by atoms with Crippen molar-refractivity contribution in [3.8, 4) is 0 Å². The summed E-state index contributed by atoms with van der Waals surface area (Å²) in [5, 5.41) is 9.08. The summed E-state index contributed by atoms with van der Waals surface area (Å²) < 4.78 is 0. The molecule has 0 bridgehead atoms. The summed E-state index contributed by atoms with van der Waals surface area (Å²) >= 11 is 0. The summed E-state index contributed by atoms with van der Waals surface area (Å²) in [4.78, 5) is 10.1. The van der Waals surface area contributed by atoms with Crippen molar-refractivity contribution in [2.75, 3.05) is 32.7 Å². The summed E-state index contributed by atoms with van der Waals surface area (Å²) in [5.41, 5.74) is 0. The Morgan fingerprint density at radius 3 is 1.38 bits per heavy atom. The van der Waals surface area contributed by atoms with Gasteiger partial charge >= 0.3 is 0 Å². The molecule has 0 radical (unpaired) electrons. The zero-order valence-electron chi connectivity index (χ0n) is 10.2. The Morgan fingerprint density at radius 2 is 1.25 bits per heavy atom. The Kier molecular flexibility index (Phi) is 8.08. The van der Waals surface area contributed by atoms with E-state index in [9.17, 15) is 4.79 Å². The minimum Gasteiger partial charge on any atom is -0.356 e. The van der Waals surface area contributed by atoms with Gasteiger partial charge in [0.1, 0.15) is 0 Å². The van der Waals surface area contributed by atoms with Crippen LogP contribution in [0.5, 0.6) is 0 Å². The van der Waals surface area contributed by atoms with Crippen molar-refractivity contribution in [1.82, 2.24) is 16.0 Å². The van der Waals surface area contributed by atoms with Gasteiger partial charge in [0.25, 0.3) is 0 Å². The van der Waals surface area contributed by atoms with Gasteiger partial charge in [0.05, 0.1) is 0 Å². The van der Waals surface area contributed by atoms with Crippen molar-refractivity contribution < 1.29 is 4.79 Å². The van der Waals surface area contributed by atoms with Gasteiger partial charge in [-0.25, -0.2) is 0 Å². The highest BCUT2D eigenvalue weighted by Crippen LogP contribution is 1.96. The van der Waals surface area contributed by atoms with E-state index < -0.39 is 0 Å². The van der Waals surface area contributed by atoms with Crippen LogP contribution >= 0.6 is 0 Å². The molecule has 3 aliphatic rings. The number of rotatable bonds is 0. The summed E-state index contributed by atoms with van der Waals surface area (Å²) in [5.74, 6) is 0.204. The van der Waals surface area contributed by atoms with Crippen molar-refractivity contribution in [1.29, 1.82) is 0 Å². The van der Waals surface area contributed by atoms with Gasteiger partial charge in [-0.3, -0.25) is 4.79 Å². The fraction of sp³-hybridized carbons (Fsp3) is 0.917. The zero-order chi connectivity index (χ0) is 11.5. The van der Waals surface area contributed by atoms with E-state index in [0.29, 0.717) is 0 Å². The summed E-state index contributed by atoms with van der Waals surface area (Å²) in [6.07, 6.45) is 7.37. The van der Waals surface area contributed by atoms with Crippen LogP contribution < -0.4 is 16.0 Å². The van der Waals surface area contributed by atoms with Gasteiger partial charge in [0.2, 0.25) is 5.91 Å². The first-order valence-corrected chi connectivity index (χ1v) is 6.58. The molecule has 4 nitrogen and oxygen atoms in total. The molecule has 0 aromatic rings. The van der Waals surface area contributed by atoms with Gasteiger partial charge in [-0.1, -0.05) is 6.42 Å². The van der Waals surface area contributed by atoms with E-state index in [1.54, 1.807) is 0 Å². The third-order valence-electron chi connectivity index (χ3n) is 2.82. The lowest BCUT2D eigenvalue weighted by molar-refractivity contribution is -0.119. The Labute approximate surface area is 98.6 Å². The third-order valence-corrected chi connectivity index (χ3v) is 2.82. The molecule has 3 fully saturated rings. The maximum Gasteiger partial charge on any atom is 0.220 e. The molecule has 0 saturated carbocycles. The molecule has 94 valence electrons. The van der Waals surface area contributed by atoms with Crippen molar-refractivity contribution >= 4 is 5.91 Å². The minimum absolute atomic E-state index is 0.204. The SMILES string of the molecule is C1CCNCC1.C1CNC1.O=C1CCCN1. The fourth-order valence-corrected chi connectivity index (χ4v) is 1.54. The topological polar surface area (TPSA) is 53.2 Å². The van der Waals surface area contributed by atoms with Crippen LogP contribution in [0.2, 0.25) is 0 Å². The monoisotopic (exact) mass is 227 g/mol. The van der Waals surface area contributed by atoms with Crippen LogP contribution in [-0.4, -0.2) is 38.6 Å². The number of nitrogens with one attached hydrogen (secondary N) is 3. The first-order chi connectivity index (χ1) is 7.89. The van der Waals surface area contributed by atoms with E-state index in [-0.39, 0.29) is 5.91 Å². The number of hydrogen-bond acceptors (Lipinski definition) is 3. The van der Waals surface area contributed by atoms with Crippen LogP contribution in [0.25, 0.3) is 0 Å². The second kappa shape index (κ2) is 9.60. The maximum absolute atomic E-state index is 10.1. The molecule has 3 aliphatic heterocycles. The van der Waals surface area contributed by atoms with Crippen LogP contribution in [-0.2, 0) is 4.79 Å². The van der Waals surface area contributed by atoms with Gasteiger partial charge in [-0.2, -0.15) is 0 Å². The summed E-state index contributed by atoms with van der Waals surface area (Å²) in [6, 6.07) is 0. The zero-order valence-corrected chi connectivity index (χ0v) is 10.2. The molecule has 4 heteroatoms. The molecule has 3 saturated heterocycles. The molecule has 0 unspecified atom stereocenters. The Hall–Kier alpha value is -0.610. The lowest BCUT2D eigenvalue weighted by Gasteiger charge is -2.09. The largest absolute Gasteiger partial charge is 0.356 e. The summed E-state index contributed by atoms with van der Waals surface area (Å²) in [6.45, 7) is 5.89. The van der Waals surface area contributed by atoms with Crippen LogP contribution in [0.4, 0.5) is 0 Å². The number of hydrogen-bond donors (Lipinski definition) is 3. The molecule has 0 atom stereocenters. The Morgan fingerprint density at radius 1 is 0.688 bits per heavy atom. The molecule has 3 N–H and O–H groups in total. The highest BCUT2D eigenvalue weighted by atomic mass is 16.1. The second-order valence-corrected chi connectivity index (χ2v) is 4.37. The maximum atomic E-state index is 10.1. The second-order valence-electron chi connectivity index (χ2n) is 4.37. The Balaban J connectivity index is 0.000000123. The minimum atomic E-state index is 0.204. The highest BCUT2D eigenvalue weighted by molar-refractivity contribution is 5.77. The third kappa shape index (κ3) is 7.65. The van der Waals surface area contributed by atoms with E-state index in [0.717, 1.165) is 19.4 Å². The molecule has 0 spiro atoms. The van der Waals surface area contributed by atoms with Crippen molar-refractivity contribution in [3.05, 3.63) is 0 Å². The molecule has 16 heavy (non-hydrogen) atoms. The van der Waals surface area contributed by atoms with E-state index >= 15 is 0 Å². The molecule has 1 amide bonds. The molecular weight excluding hydrogens is 202 g/mol. The number of amides is 1. The number of piperidine rings is 1.